The molecule has 2 aliphatic rings. The summed E-state index contributed by atoms with van der Waals surface area (Å²) < 4.78 is 11.4. The van der Waals surface area contributed by atoms with E-state index in [1.54, 1.807) is 18.9 Å². The SMILES string of the molecule is COC(=O)C1=C(c2ccccc2)SC(=C2C(=S)C(C)(C)N(C(C)=O)c3ccc(OC)cc32)S1. The second kappa shape index (κ2) is 9.00. The maximum Gasteiger partial charge on any atom is 0.345 e. The van der Waals surface area contributed by atoms with Gasteiger partial charge in [-0.1, -0.05) is 66.1 Å². The Kier molecular flexibility index (Phi) is 6.44. The third kappa shape index (κ3) is 4.00. The van der Waals surface area contributed by atoms with E-state index in [0.717, 1.165) is 31.5 Å². The maximum atomic E-state index is 12.7. The number of rotatable bonds is 3. The average Bonchev–Trinajstić information content (AvgIpc) is 3.24. The molecule has 0 saturated carbocycles. The lowest BCUT2D eigenvalue weighted by atomic mass is 9.83. The third-order valence-corrected chi connectivity index (χ3v) is 8.91. The number of carbonyl (C=O) groups excluding carboxylic acids is 2. The number of methoxy groups -OCH3 is 2. The van der Waals surface area contributed by atoms with Crippen LogP contribution in [0.5, 0.6) is 5.75 Å². The molecule has 0 atom stereocenters. The van der Waals surface area contributed by atoms with Crippen LogP contribution in [0.1, 0.15) is 31.9 Å². The summed E-state index contributed by atoms with van der Waals surface area (Å²) >= 11 is 8.85. The summed E-state index contributed by atoms with van der Waals surface area (Å²) in [6, 6.07) is 15.4. The number of thioether (sulfide) groups is 2. The Hall–Kier alpha value is -2.55. The lowest BCUT2D eigenvalue weighted by molar-refractivity contribution is -0.135. The molecule has 0 unspecified atom stereocenters. The van der Waals surface area contributed by atoms with Crippen LogP contribution in [-0.2, 0) is 14.3 Å². The van der Waals surface area contributed by atoms with Crippen LogP contribution in [0.2, 0.25) is 0 Å². The molecule has 2 aliphatic heterocycles. The van der Waals surface area contributed by atoms with Gasteiger partial charge in [-0.15, -0.1) is 0 Å². The second-order valence-electron chi connectivity index (χ2n) is 8.01. The van der Waals surface area contributed by atoms with Crippen molar-refractivity contribution in [1.29, 1.82) is 0 Å². The number of thiocarbonyl (C=S) groups is 1. The molecule has 8 heteroatoms. The first kappa shape index (κ1) is 23.6. The number of hydrogen-bond acceptors (Lipinski definition) is 7. The number of ether oxygens (including phenoxy) is 2. The predicted octanol–water partition coefficient (Wildman–Crippen LogP) is 5.90. The van der Waals surface area contributed by atoms with Crippen LogP contribution in [0.25, 0.3) is 10.5 Å². The molecule has 0 bridgehead atoms. The van der Waals surface area contributed by atoms with E-state index in [2.05, 4.69) is 0 Å². The highest BCUT2D eigenvalue weighted by atomic mass is 32.2. The molecule has 2 aromatic rings. The zero-order chi connectivity index (χ0) is 23.9. The first-order chi connectivity index (χ1) is 15.7. The van der Waals surface area contributed by atoms with Crippen molar-refractivity contribution in [3.8, 4) is 5.75 Å². The van der Waals surface area contributed by atoms with Gasteiger partial charge in [0.15, 0.2) is 0 Å². The Balaban J connectivity index is 1.95. The Bertz CT molecular complexity index is 1230. The van der Waals surface area contributed by atoms with E-state index in [-0.39, 0.29) is 11.9 Å². The number of anilines is 1. The number of fused-ring (bicyclic) bond motifs is 1. The van der Waals surface area contributed by atoms with E-state index >= 15 is 0 Å². The number of nitrogens with zero attached hydrogens (tertiary/aromatic N) is 1. The number of hydrogen-bond donors (Lipinski definition) is 0. The third-order valence-electron chi connectivity index (χ3n) is 5.58. The van der Waals surface area contributed by atoms with E-state index in [1.165, 1.54) is 30.6 Å². The largest absolute Gasteiger partial charge is 0.497 e. The van der Waals surface area contributed by atoms with Gasteiger partial charge in [0.05, 0.1) is 34.5 Å². The van der Waals surface area contributed by atoms with E-state index in [9.17, 15) is 9.59 Å². The molecule has 0 aliphatic carbocycles. The van der Waals surface area contributed by atoms with Crippen LogP contribution in [-0.4, -0.2) is 36.5 Å². The van der Waals surface area contributed by atoms with Crippen LogP contribution in [0.3, 0.4) is 0 Å². The molecular weight excluding hydrogens is 474 g/mol. The molecular formula is C25H23NO4S3. The van der Waals surface area contributed by atoms with Crippen molar-refractivity contribution in [1.82, 2.24) is 0 Å². The molecule has 0 N–H and O–H groups in total. The van der Waals surface area contributed by atoms with Crippen molar-refractivity contribution in [3.63, 3.8) is 0 Å². The second-order valence-corrected chi connectivity index (χ2v) is 10.7. The van der Waals surface area contributed by atoms with E-state index < -0.39 is 5.54 Å². The lowest BCUT2D eigenvalue weighted by Crippen LogP contribution is -2.55. The molecule has 0 saturated heterocycles. The van der Waals surface area contributed by atoms with Crippen LogP contribution in [0.4, 0.5) is 5.69 Å². The standard InChI is InChI=1S/C25H23NO4S3/c1-14(27)26-18-12-11-16(29-4)13-17(18)19(22(31)25(26,2)3)24-32-20(15-9-7-6-8-10-15)21(33-24)23(28)30-5/h6-13H,1-5H3. The molecule has 0 spiro atoms. The van der Waals surface area contributed by atoms with Crippen LogP contribution >= 0.6 is 35.7 Å². The molecule has 5 nitrogen and oxygen atoms in total. The minimum absolute atomic E-state index is 0.0945. The highest BCUT2D eigenvalue weighted by Crippen LogP contribution is 2.58. The topological polar surface area (TPSA) is 55.8 Å². The summed E-state index contributed by atoms with van der Waals surface area (Å²) in [6.07, 6.45) is 0. The van der Waals surface area contributed by atoms with Gasteiger partial charge in [-0.05, 0) is 37.6 Å². The van der Waals surface area contributed by atoms with Crippen molar-refractivity contribution in [2.75, 3.05) is 19.1 Å². The van der Waals surface area contributed by atoms with E-state index in [4.69, 9.17) is 21.7 Å². The van der Waals surface area contributed by atoms with Gasteiger partial charge in [-0.3, -0.25) is 4.79 Å². The zero-order valence-electron chi connectivity index (χ0n) is 18.9. The summed E-state index contributed by atoms with van der Waals surface area (Å²) in [4.78, 5) is 29.1. The molecule has 33 heavy (non-hydrogen) atoms. The summed E-state index contributed by atoms with van der Waals surface area (Å²) in [6.45, 7) is 5.43. The van der Waals surface area contributed by atoms with Crippen LogP contribution in [0.15, 0.2) is 57.7 Å². The van der Waals surface area contributed by atoms with E-state index in [1.807, 2.05) is 62.4 Å². The van der Waals surface area contributed by atoms with Crippen molar-refractivity contribution in [3.05, 3.63) is 68.8 Å². The van der Waals surface area contributed by atoms with Gasteiger partial charge in [0.1, 0.15) is 10.7 Å². The number of amides is 1. The fourth-order valence-electron chi connectivity index (χ4n) is 4.04. The Labute approximate surface area is 207 Å². The number of esters is 1. The van der Waals surface area contributed by atoms with Gasteiger partial charge < -0.3 is 14.4 Å². The van der Waals surface area contributed by atoms with Gasteiger partial charge in [0, 0.05) is 23.0 Å². The molecule has 170 valence electrons. The van der Waals surface area contributed by atoms with Gasteiger partial charge in [-0.2, -0.15) is 0 Å². The molecule has 0 aromatic heterocycles. The minimum atomic E-state index is -0.729. The van der Waals surface area contributed by atoms with Crippen molar-refractivity contribution in [2.24, 2.45) is 0 Å². The average molecular weight is 498 g/mol. The van der Waals surface area contributed by atoms with Gasteiger partial charge >= 0.3 is 5.97 Å². The van der Waals surface area contributed by atoms with E-state index in [0.29, 0.717) is 15.5 Å². The Morgan fingerprint density at radius 3 is 2.33 bits per heavy atom. The summed E-state index contributed by atoms with van der Waals surface area (Å²) in [7, 11) is 2.99. The quantitative estimate of drug-likeness (QED) is 0.297. The Morgan fingerprint density at radius 1 is 1.03 bits per heavy atom. The molecule has 2 aromatic carbocycles. The highest BCUT2D eigenvalue weighted by molar-refractivity contribution is 8.32. The Morgan fingerprint density at radius 2 is 1.73 bits per heavy atom. The summed E-state index contributed by atoms with van der Waals surface area (Å²) in [5.41, 5.74) is 2.61. The normalized spacial score (nSPS) is 19.4. The van der Waals surface area contributed by atoms with Gasteiger partial charge in [0.25, 0.3) is 0 Å². The fourth-order valence-corrected chi connectivity index (χ4v) is 7.20. The molecule has 4 rings (SSSR count). The monoisotopic (exact) mass is 497 g/mol. The first-order valence-electron chi connectivity index (χ1n) is 10.2. The molecule has 0 fully saturated rings. The summed E-state index contributed by atoms with van der Waals surface area (Å²) in [5, 5.41) is 0. The van der Waals surface area contributed by atoms with Crippen LogP contribution in [0, 0.1) is 0 Å². The molecule has 1 amide bonds. The van der Waals surface area contributed by atoms with Crippen LogP contribution < -0.4 is 9.64 Å². The lowest BCUT2D eigenvalue weighted by Gasteiger charge is -2.44. The zero-order valence-corrected chi connectivity index (χ0v) is 21.4. The van der Waals surface area contributed by atoms with Crippen molar-refractivity contribution >= 4 is 68.6 Å². The smallest absolute Gasteiger partial charge is 0.345 e. The highest BCUT2D eigenvalue weighted by Gasteiger charge is 2.44. The summed E-state index contributed by atoms with van der Waals surface area (Å²) in [5.74, 6) is 0.178. The fraction of sp³-hybridized carbons (Fsp3) is 0.240. The molecule has 2 heterocycles. The number of carbonyl (C=O) groups is 2. The maximum absolute atomic E-state index is 12.7. The minimum Gasteiger partial charge on any atom is -0.497 e. The van der Waals surface area contributed by atoms with Gasteiger partial charge in [-0.25, -0.2) is 4.79 Å². The molecule has 0 radical (unpaired) electrons. The number of benzene rings is 2. The predicted molar refractivity (Wildman–Crippen MR) is 140 cm³/mol. The van der Waals surface area contributed by atoms with Gasteiger partial charge in [0.2, 0.25) is 5.91 Å². The first-order valence-corrected chi connectivity index (χ1v) is 12.3. The van der Waals surface area contributed by atoms with Crippen molar-refractivity contribution in [2.45, 2.75) is 26.3 Å². The van der Waals surface area contributed by atoms with Crippen molar-refractivity contribution < 1.29 is 19.1 Å².